The number of unbranched alkanes of at least 4 members (excludes halogenated alkanes) is 1. The number of amides is 3. The lowest BCUT2D eigenvalue weighted by molar-refractivity contribution is -0.144. The first-order valence-electron chi connectivity index (χ1n) is 12.9. The van der Waals surface area contributed by atoms with Crippen molar-refractivity contribution >= 4 is 29.7 Å². The summed E-state index contributed by atoms with van der Waals surface area (Å²) in [6.07, 6.45) is 5.07. The molecule has 0 aromatic rings. The van der Waals surface area contributed by atoms with Crippen molar-refractivity contribution in [1.82, 2.24) is 16.0 Å². The molecule has 3 N–H and O–H groups in total. The van der Waals surface area contributed by atoms with Crippen LogP contribution in [0.25, 0.3) is 0 Å². The van der Waals surface area contributed by atoms with Crippen molar-refractivity contribution in [2.75, 3.05) is 32.8 Å². The maximum atomic E-state index is 12.5. The average Bonchev–Trinajstić information content (AvgIpc) is 3.47. The molecule has 0 aliphatic heterocycles. The standard InChI is InChI=1S/C26H39N3O7/c1-3-35-24(32)16-29-25(33)19(14-20(31)15-28-18(2)30)10-8-9-13-27-26(34)36-17-23-21-11-6-4-5-7-12-22(21)23/h19,21-23H,3,6-17H2,1-2H3,(H,27,34)(H,28,30)(H,29,33). The Morgan fingerprint density at radius 2 is 1.61 bits per heavy atom. The molecule has 200 valence electrons. The van der Waals surface area contributed by atoms with E-state index in [0.29, 0.717) is 50.2 Å². The van der Waals surface area contributed by atoms with Gasteiger partial charge in [0.1, 0.15) is 6.54 Å². The maximum Gasteiger partial charge on any atom is 0.407 e. The van der Waals surface area contributed by atoms with Crippen molar-refractivity contribution < 1.29 is 33.4 Å². The molecule has 0 saturated heterocycles. The number of hydrogen-bond donors (Lipinski definition) is 3. The van der Waals surface area contributed by atoms with Gasteiger partial charge in [0.25, 0.3) is 0 Å². The van der Waals surface area contributed by atoms with E-state index in [1.54, 1.807) is 6.92 Å². The summed E-state index contributed by atoms with van der Waals surface area (Å²) >= 11 is 0. The average molecular weight is 506 g/mol. The molecule has 2 aliphatic carbocycles. The molecule has 2 aliphatic rings. The van der Waals surface area contributed by atoms with Crippen molar-refractivity contribution in [2.24, 2.45) is 23.7 Å². The van der Waals surface area contributed by atoms with Crippen LogP contribution in [0.15, 0.2) is 0 Å². The van der Waals surface area contributed by atoms with E-state index in [0.717, 1.165) is 25.7 Å². The number of fused-ring (bicyclic) bond motifs is 1. The monoisotopic (exact) mass is 505 g/mol. The topological polar surface area (TPSA) is 140 Å². The number of carbonyl (C=O) groups is 5. The molecule has 36 heavy (non-hydrogen) atoms. The van der Waals surface area contributed by atoms with Crippen molar-refractivity contribution in [1.29, 1.82) is 0 Å². The minimum atomic E-state index is -0.650. The molecule has 0 radical (unpaired) electrons. The fourth-order valence-electron chi connectivity index (χ4n) is 4.62. The molecule has 2 rings (SSSR count). The van der Waals surface area contributed by atoms with E-state index < -0.39 is 23.9 Å². The van der Waals surface area contributed by atoms with Crippen molar-refractivity contribution in [2.45, 2.75) is 65.2 Å². The minimum Gasteiger partial charge on any atom is -0.465 e. The number of rotatable bonds is 15. The van der Waals surface area contributed by atoms with Gasteiger partial charge in [0.2, 0.25) is 11.8 Å². The molecule has 0 bridgehead atoms. The Morgan fingerprint density at radius 3 is 2.25 bits per heavy atom. The first-order chi connectivity index (χ1) is 17.3. The van der Waals surface area contributed by atoms with Gasteiger partial charge in [0.05, 0.1) is 19.8 Å². The van der Waals surface area contributed by atoms with E-state index in [9.17, 15) is 24.0 Å². The van der Waals surface area contributed by atoms with E-state index in [1.807, 2.05) is 0 Å². The van der Waals surface area contributed by atoms with E-state index in [-0.39, 0.29) is 37.8 Å². The lowest BCUT2D eigenvalue weighted by Gasteiger charge is -2.16. The van der Waals surface area contributed by atoms with Crippen LogP contribution in [0.5, 0.6) is 0 Å². The second-order valence-corrected chi connectivity index (χ2v) is 9.32. The summed E-state index contributed by atoms with van der Waals surface area (Å²) in [7, 11) is 0. The summed E-state index contributed by atoms with van der Waals surface area (Å²) in [6.45, 7) is 3.58. The van der Waals surface area contributed by atoms with Gasteiger partial charge in [-0.15, -0.1) is 11.8 Å². The molecule has 3 amide bonds. The minimum absolute atomic E-state index is 0.0564. The third-order valence-corrected chi connectivity index (χ3v) is 6.59. The summed E-state index contributed by atoms with van der Waals surface area (Å²) in [4.78, 5) is 59.3. The number of alkyl carbamates (subject to hydrolysis) is 1. The Balaban J connectivity index is 1.67. The Hall–Kier alpha value is -3.09. The van der Waals surface area contributed by atoms with E-state index >= 15 is 0 Å². The van der Waals surface area contributed by atoms with Gasteiger partial charge in [-0.1, -0.05) is 6.42 Å². The van der Waals surface area contributed by atoms with Gasteiger partial charge < -0.3 is 25.4 Å². The normalized spacial score (nSPS) is 20.7. The van der Waals surface area contributed by atoms with Crippen LogP contribution >= 0.6 is 0 Å². The molecule has 0 heterocycles. The zero-order valence-electron chi connectivity index (χ0n) is 21.4. The van der Waals surface area contributed by atoms with E-state index in [4.69, 9.17) is 9.47 Å². The van der Waals surface area contributed by atoms with Gasteiger partial charge in [0, 0.05) is 38.6 Å². The van der Waals surface area contributed by atoms with Gasteiger partial charge in [-0.25, -0.2) is 4.79 Å². The summed E-state index contributed by atoms with van der Waals surface area (Å²) < 4.78 is 10.2. The molecule has 10 nitrogen and oxygen atoms in total. The highest BCUT2D eigenvalue weighted by atomic mass is 16.5. The highest BCUT2D eigenvalue weighted by molar-refractivity contribution is 5.90. The zero-order valence-corrected chi connectivity index (χ0v) is 21.4. The number of carbonyl (C=O) groups excluding carboxylic acids is 5. The Kier molecular flexibility index (Phi) is 12.8. The Morgan fingerprint density at radius 1 is 0.917 bits per heavy atom. The highest BCUT2D eigenvalue weighted by Gasteiger charge is 2.49. The molecule has 10 heteroatoms. The van der Waals surface area contributed by atoms with Crippen LogP contribution in [0.2, 0.25) is 0 Å². The zero-order chi connectivity index (χ0) is 26.3. The van der Waals surface area contributed by atoms with Crippen molar-refractivity contribution in [3.8, 4) is 11.8 Å². The number of ether oxygens (including phenoxy) is 2. The first kappa shape index (κ1) is 29.1. The predicted octanol–water partition coefficient (Wildman–Crippen LogP) is 1.71. The Labute approximate surface area is 213 Å². The summed E-state index contributed by atoms with van der Waals surface area (Å²) in [5.41, 5.74) is 0. The summed E-state index contributed by atoms with van der Waals surface area (Å²) in [5, 5.41) is 7.68. The van der Waals surface area contributed by atoms with E-state index in [2.05, 4.69) is 27.8 Å². The van der Waals surface area contributed by atoms with Gasteiger partial charge in [-0.3, -0.25) is 19.2 Å². The van der Waals surface area contributed by atoms with Gasteiger partial charge in [0.15, 0.2) is 5.78 Å². The molecular formula is C26H39N3O7. The molecule has 0 aromatic heterocycles. The first-order valence-corrected chi connectivity index (χ1v) is 12.9. The second kappa shape index (κ2) is 15.8. The van der Waals surface area contributed by atoms with Crippen LogP contribution in [-0.4, -0.2) is 62.5 Å². The lowest BCUT2D eigenvalue weighted by Crippen LogP contribution is -2.37. The predicted molar refractivity (Wildman–Crippen MR) is 131 cm³/mol. The highest BCUT2D eigenvalue weighted by Crippen LogP contribution is 2.52. The second-order valence-electron chi connectivity index (χ2n) is 9.32. The number of Topliss-reactive ketones (excluding diaryl/α,β-unsaturated/α-hetero) is 1. The SMILES string of the molecule is CCOC(=O)CNC(=O)C(CCCCNC(=O)OCC1C2CCC#CCCC21)CC(=O)CNC(C)=O. The lowest BCUT2D eigenvalue weighted by atomic mass is 9.95. The fraction of sp³-hybridized carbons (Fsp3) is 0.731. The fourth-order valence-corrected chi connectivity index (χ4v) is 4.62. The molecule has 0 spiro atoms. The van der Waals surface area contributed by atoms with Gasteiger partial charge in [-0.05, 0) is 50.4 Å². The Bertz CT molecular complexity index is 830. The third kappa shape index (κ3) is 11.1. The maximum absolute atomic E-state index is 12.5. The molecule has 1 fully saturated rings. The third-order valence-electron chi connectivity index (χ3n) is 6.59. The van der Waals surface area contributed by atoms with Crippen LogP contribution < -0.4 is 16.0 Å². The molecule has 3 atom stereocenters. The smallest absolute Gasteiger partial charge is 0.407 e. The van der Waals surface area contributed by atoms with Gasteiger partial charge >= 0.3 is 12.1 Å². The van der Waals surface area contributed by atoms with Crippen LogP contribution in [0.3, 0.4) is 0 Å². The largest absolute Gasteiger partial charge is 0.465 e. The quantitative estimate of drug-likeness (QED) is 0.175. The van der Waals surface area contributed by atoms with E-state index in [1.165, 1.54) is 6.92 Å². The van der Waals surface area contributed by atoms with Crippen LogP contribution in [0, 0.1) is 35.5 Å². The van der Waals surface area contributed by atoms with Crippen molar-refractivity contribution in [3.63, 3.8) is 0 Å². The molecular weight excluding hydrogens is 466 g/mol. The number of nitrogens with one attached hydrogen (secondary N) is 3. The molecule has 3 unspecified atom stereocenters. The number of ketones is 1. The van der Waals surface area contributed by atoms with Crippen LogP contribution in [-0.2, 0) is 28.7 Å². The van der Waals surface area contributed by atoms with Crippen LogP contribution in [0.4, 0.5) is 4.79 Å². The summed E-state index contributed by atoms with van der Waals surface area (Å²) in [5.74, 6) is 5.78. The molecule has 1 saturated carbocycles. The number of esters is 1. The van der Waals surface area contributed by atoms with Gasteiger partial charge in [-0.2, -0.15) is 0 Å². The summed E-state index contributed by atoms with van der Waals surface area (Å²) in [6, 6.07) is 0. The van der Waals surface area contributed by atoms with Crippen LogP contribution in [0.1, 0.15) is 65.2 Å². The molecule has 0 aromatic carbocycles. The number of hydrogen-bond acceptors (Lipinski definition) is 7. The van der Waals surface area contributed by atoms with Crippen molar-refractivity contribution in [3.05, 3.63) is 0 Å².